The molecule has 0 heterocycles. The van der Waals surface area contributed by atoms with Gasteiger partial charge in [-0.05, 0) is 36.2 Å². The summed E-state index contributed by atoms with van der Waals surface area (Å²) in [6.07, 6.45) is 0. The quantitative estimate of drug-likeness (QED) is 0.888. The Hall–Kier alpha value is -2.49. The summed E-state index contributed by atoms with van der Waals surface area (Å²) in [4.78, 5) is 12.4. The van der Waals surface area contributed by atoms with Crippen LogP contribution in [0.15, 0.2) is 36.4 Å². The molecule has 0 bridgehead atoms. The molecule has 2 aromatic rings. The van der Waals surface area contributed by atoms with E-state index in [1.807, 2.05) is 64.1 Å². The van der Waals surface area contributed by atoms with Crippen LogP contribution in [-0.2, 0) is 4.79 Å². The number of aryl methyl sites for hydroxylation is 1. The highest BCUT2D eigenvalue weighted by Crippen LogP contribution is 2.36. The fourth-order valence-corrected chi connectivity index (χ4v) is 2.33. The Labute approximate surface area is 143 Å². The summed E-state index contributed by atoms with van der Waals surface area (Å²) in [5.41, 5.74) is 3.32. The number of hydrogen-bond acceptors (Lipinski definition) is 3. The molecule has 0 saturated carbocycles. The smallest absolute Gasteiger partial charge is 0.229 e. The van der Waals surface area contributed by atoms with Crippen molar-refractivity contribution in [3.05, 3.63) is 42.0 Å². The second-order valence-electron chi connectivity index (χ2n) is 6.82. The van der Waals surface area contributed by atoms with Gasteiger partial charge in [0.1, 0.15) is 0 Å². The minimum atomic E-state index is -0.460. The van der Waals surface area contributed by atoms with Gasteiger partial charge in [0.2, 0.25) is 5.91 Å². The van der Waals surface area contributed by atoms with Crippen LogP contribution < -0.4 is 14.8 Å². The minimum Gasteiger partial charge on any atom is -0.493 e. The maximum Gasteiger partial charge on any atom is 0.229 e. The summed E-state index contributed by atoms with van der Waals surface area (Å²) < 4.78 is 10.7. The van der Waals surface area contributed by atoms with Crippen molar-refractivity contribution in [2.75, 3.05) is 19.5 Å². The molecule has 0 aromatic heterocycles. The first kappa shape index (κ1) is 17.9. The van der Waals surface area contributed by atoms with Gasteiger partial charge in [0.25, 0.3) is 0 Å². The maximum absolute atomic E-state index is 12.4. The summed E-state index contributed by atoms with van der Waals surface area (Å²) in [6, 6.07) is 11.8. The molecule has 0 unspecified atom stereocenters. The summed E-state index contributed by atoms with van der Waals surface area (Å²) in [6.45, 7) is 7.70. The first-order valence-corrected chi connectivity index (χ1v) is 7.90. The largest absolute Gasteiger partial charge is 0.493 e. The molecule has 4 heteroatoms. The lowest BCUT2D eigenvalue weighted by Gasteiger charge is -2.20. The van der Waals surface area contributed by atoms with Crippen LogP contribution in [0.3, 0.4) is 0 Å². The zero-order valence-electron chi connectivity index (χ0n) is 15.2. The molecule has 0 radical (unpaired) electrons. The molecule has 2 aromatic carbocycles. The van der Waals surface area contributed by atoms with Crippen LogP contribution in [0.2, 0.25) is 0 Å². The molecule has 2 rings (SSSR count). The summed E-state index contributed by atoms with van der Waals surface area (Å²) in [5, 5.41) is 3.04. The van der Waals surface area contributed by atoms with Crippen LogP contribution in [0, 0.1) is 12.3 Å². The van der Waals surface area contributed by atoms with Crippen LogP contribution >= 0.6 is 0 Å². The first-order chi connectivity index (χ1) is 11.3. The van der Waals surface area contributed by atoms with E-state index in [0.29, 0.717) is 11.5 Å². The van der Waals surface area contributed by atoms with Crippen molar-refractivity contribution in [2.24, 2.45) is 5.41 Å². The van der Waals surface area contributed by atoms with E-state index in [9.17, 15) is 4.79 Å². The third-order valence-electron chi connectivity index (χ3n) is 3.80. The van der Waals surface area contributed by atoms with E-state index < -0.39 is 5.41 Å². The van der Waals surface area contributed by atoms with E-state index in [2.05, 4.69) is 5.32 Å². The second-order valence-corrected chi connectivity index (χ2v) is 6.82. The highest BCUT2D eigenvalue weighted by molar-refractivity contribution is 5.98. The topological polar surface area (TPSA) is 47.6 Å². The number of nitrogens with one attached hydrogen (secondary N) is 1. The van der Waals surface area contributed by atoms with E-state index in [1.54, 1.807) is 14.2 Å². The van der Waals surface area contributed by atoms with E-state index in [-0.39, 0.29) is 5.91 Å². The lowest BCUT2D eigenvalue weighted by molar-refractivity contribution is -0.123. The van der Waals surface area contributed by atoms with Gasteiger partial charge in [-0.25, -0.2) is 0 Å². The molecule has 0 aliphatic heterocycles. The Bertz CT molecular complexity index is 745. The number of benzene rings is 2. The van der Waals surface area contributed by atoms with Gasteiger partial charge >= 0.3 is 0 Å². The Balaban J connectivity index is 2.49. The van der Waals surface area contributed by atoms with Crippen LogP contribution in [0.1, 0.15) is 26.3 Å². The average Bonchev–Trinajstić information content (AvgIpc) is 2.53. The number of hydrogen-bond donors (Lipinski definition) is 1. The Morgan fingerprint density at radius 2 is 1.62 bits per heavy atom. The van der Waals surface area contributed by atoms with Gasteiger partial charge in [0, 0.05) is 16.7 Å². The zero-order chi connectivity index (χ0) is 17.9. The van der Waals surface area contributed by atoms with Gasteiger partial charge in [-0.1, -0.05) is 39.0 Å². The Morgan fingerprint density at radius 3 is 2.21 bits per heavy atom. The zero-order valence-corrected chi connectivity index (χ0v) is 15.2. The van der Waals surface area contributed by atoms with Crippen molar-refractivity contribution >= 4 is 11.6 Å². The first-order valence-electron chi connectivity index (χ1n) is 7.90. The number of anilines is 1. The van der Waals surface area contributed by atoms with E-state index in [0.717, 1.165) is 22.4 Å². The van der Waals surface area contributed by atoms with Gasteiger partial charge < -0.3 is 14.8 Å². The highest BCUT2D eigenvalue weighted by Gasteiger charge is 2.22. The standard InChI is InChI=1S/C20H25NO3/c1-13-7-9-15(16(11-13)21-19(22)20(2,3)4)14-8-10-17(23-5)18(12-14)24-6/h7-12H,1-6H3,(H,21,22). The molecule has 1 N–H and O–H groups in total. The molecular weight excluding hydrogens is 302 g/mol. The molecule has 0 atom stereocenters. The van der Waals surface area contributed by atoms with E-state index >= 15 is 0 Å². The normalized spacial score (nSPS) is 11.1. The summed E-state index contributed by atoms with van der Waals surface area (Å²) in [5.74, 6) is 1.31. The molecular formula is C20H25NO3. The number of methoxy groups -OCH3 is 2. The lowest BCUT2D eigenvalue weighted by Crippen LogP contribution is -2.27. The highest BCUT2D eigenvalue weighted by atomic mass is 16.5. The van der Waals surface area contributed by atoms with Crippen LogP contribution in [0.4, 0.5) is 5.69 Å². The minimum absolute atomic E-state index is 0.0187. The van der Waals surface area contributed by atoms with Gasteiger partial charge in [-0.15, -0.1) is 0 Å². The SMILES string of the molecule is COc1ccc(-c2ccc(C)cc2NC(=O)C(C)(C)C)cc1OC. The van der Waals surface area contributed by atoms with Crippen molar-refractivity contribution in [2.45, 2.75) is 27.7 Å². The molecule has 24 heavy (non-hydrogen) atoms. The van der Waals surface area contributed by atoms with E-state index in [1.165, 1.54) is 0 Å². The summed E-state index contributed by atoms with van der Waals surface area (Å²) in [7, 11) is 3.22. The second kappa shape index (κ2) is 6.95. The molecule has 4 nitrogen and oxygen atoms in total. The van der Waals surface area contributed by atoms with Crippen molar-refractivity contribution in [1.29, 1.82) is 0 Å². The van der Waals surface area contributed by atoms with Gasteiger partial charge in [-0.3, -0.25) is 4.79 Å². The number of carbonyl (C=O) groups is 1. The number of amides is 1. The molecule has 0 fully saturated rings. The van der Waals surface area contributed by atoms with Gasteiger partial charge in [0.05, 0.1) is 14.2 Å². The fourth-order valence-electron chi connectivity index (χ4n) is 2.33. The lowest BCUT2D eigenvalue weighted by atomic mass is 9.94. The number of ether oxygens (including phenoxy) is 2. The average molecular weight is 327 g/mol. The van der Waals surface area contributed by atoms with Crippen LogP contribution in [0.5, 0.6) is 11.5 Å². The monoisotopic (exact) mass is 327 g/mol. The molecule has 1 amide bonds. The third-order valence-corrected chi connectivity index (χ3v) is 3.80. The number of rotatable bonds is 4. The molecule has 0 aliphatic rings. The molecule has 0 saturated heterocycles. The third kappa shape index (κ3) is 3.88. The van der Waals surface area contributed by atoms with Crippen molar-refractivity contribution in [3.8, 4) is 22.6 Å². The fraction of sp³-hybridized carbons (Fsp3) is 0.350. The maximum atomic E-state index is 12.4. The van der Waals surface area contributed by atoms with Crippen molar-refractivity contribution < 1.29 is 14.3 Å². The Morgan fingerprint density at radius 1 is 0.958 bits per heavy atom. The predicted octanol–water partition coefficient (Wildman–Crippen LogP) is 4.66. The predicted molar refractivity (Wildman–Crippen MR) is 97.8 cm³/mol. The number of carbonyl (C=O) groups excluding carboxylic acids is 1. The van der Waals surface area contributed by atoms with Gasteiger partial charge in [0.15, 0.2) is 11.5 Å². The van der Waals surface area contributed by atoms with Crippen LogP contribution in [-0.4, -0.2) is 20.1 Å². The molecule has 0 aliphatic carbocycles. The van der Waals surface area contributed by atoms with Crippen molar-refractivity contribution in [1.82, 2.24) is 0 Å². The van der Waals surface area contributed by atoms with Crippen LogP contribution in [0.25, 0.3) is 11.1 Å². The molecule has 0 spiro atoms. The molecule has 128 valence electrons. The van der Waals surface area contributed by atoms with E-state index in [4.69, 9.17) is 9.47 Å². The van der Waals surface area contributed by atoms with Crippen molar-refractivity contribution in [3.63, 3.8) is 0 Å². The summed E-state index contributed by atoms with van der Waals surface area (Å²) >= 11 is 0. The Kier molecular flexibility index (Phi) is 5.17. The van der Waals surface area contributed by atoms with Gasteiger partial charge in [-0.2, -0.15) is 0 Å².